The van der Waals surface area contributed by atoms with Gasteiger partial charge in [0.2, 0.25) is 5.91 Å². The molecule has 8 N–H and O–H groups in total. The number of aryl methyl sites for hydroxylation is 3. The van der Waals surface area contributed by atoms with Crippen LogP contribution < -0.4 is 10.6 Å². The first-order valence-corrected chi connectivity index (χ1v) is 19.5. The molecular formula is C43H48N6O12. The summed E-state index contributed by atoms with van der Waals surface area (Å²) in [7, 11) is 1.16. The lowest BCUT2D eigenvalue weighted by molar-refractivity contribution is -0.147. The molecule has 0 saturated carbocycles. The number of nitrogens with one attached hydrogen (secondary N) is 4. The minimum absolute atomic E-state index is 0.00208. The zero-order valence-corrected chi connectivity index (χ0v) is 34.5. The van der Waals surface area contributed by atoms with E-state index in [0.29, 0.717) is 23.1 Å². The number of esters is 1. The van der Waals surface area contributed by atoms with E-state index in [4.69, 9.17) is 14.7 Å². The fourth-order valence-corrected chi connectivity index (χ4v) is 7.86. The maximum atomic E-state index is 14.3. The van der Waals surface area contributed by atoms with Crippen molar-refractivity contribution in [2.45, 2.75) is 97.1 Å². The number of carbonyl (C=O) groups excluding carboxylic acids is 3. The van der Waals surface area contributed by atoms with Crippen molar-refractivity contribution in [1.29, 1.82) is 0 Å². The molecule has 0 unspecified atom stereocenters. The summed E-state index contributed by atoms with van der Waals surface area (Å²) < 4.78 is 5.10. The van der Waals surface area contributed by atoms with E-state index in [0.717, 1.165) is 40.4 Å². The number of aromatic amines is 2. The summed E-state index contributed by atoms with van der Waals surface area (Å²) in [6.07, 6.45) is -0.268. The highest BCUT2D eigenvalue weighted by Gasteiger charge is 2.37. The van der Waals surface area contributed by atoms with Gasteiger partial charge in [-0.05, 0) is 74.1 Å². The number of fused-ring (bicyclic) bond motifs is 8. The van der Waals surface area contributed by atoms with Crippen molar-refractivity contribution in [2.75, 3.05) is 7.11 Å². The number of ether oxygens (including phenoxy) is 1. The minimum Gasteiger partial charge on any atom is -0.481 e. The van der Waals surface area contributed by atoms with Crippen LogP contribution in [0, 0.1) is 13.8 Å². The molecule has 8 bridgehead atoms. The number of aromatic nitrogens is 4. The van der Waals surface area contributed by atoms with Crippen LogP contribution in [0.5, 0.6) is 0 Å². The number of methoxy groups -OCH3 is 1. The van der Waals surface area contributed by atoms with Crippen molar-refractivity contribution < 1.29 is 58.7 Å². The Morgan fingerprint density at radius 1 is 0.836 bits per heavy atom. The van der Waals surface area contributed by atoms with Gasteiger partial charge in [0.1, 0.15) is 12.1 Å². The fraction of sp³-hybridized carbons (Fsp3) is 0.372. The van der Waals surface area contributed by atoms with Crippen LogP contribution in [-0.2, 0) is 51.1 Å². The zero-order valence-electron chi connectivity index (χ0n) is 34.5. The summed E-state index contributed by atoms with van der Waals surface area (Å²) in [6.45, 7) is 13.3. The molecular weight excluding hydrogens is 793 g/mol. The fourth-order valence-electron chi connectivity index (χ4n) is 7.86. The molecule has 3 aromatic rings. The monoisotopic (exact) mass is 840 g/mol. The average Bonchev–Trinajstić information content (AvgIpc) is 3.87. The van der Waals surface area contributed by atoms with Crippen LogP contribution in [0.2, 0.25) is 0 Å². The van der Waals surface area contributed by atoms with Crippen molar-refractivity contribution >= 4 is 80.9 Å². The van der Waals surface area contributed by atoms with Gasteiger partial charge in [0.15, 0.2) is 0 Å². The number of nitrogens with zero attached hydrogens (tertiary/aromatic N) is 2. The van der Waals surface area contributed by atoms with Crippen LogP contribution in [0.1, 0.15) is 109 Å². The highest BCUT2D eigenvalue weighted by atomic mass is 16.5. The van der Waals surface area contributed by atoms with Gasteiger partial charge >= 0.3 is 29.8 Å². The Bertz CT molecular complexity index is 2570. The number of rotatable bonds is 16. The molecule has 61 heavy (non-hydrogen) atoms. The summed E-state index contributed by atoms with van der Waals surface area (Å²) in [5.74, 6) is -9.72. The van der Waals surface area contributed by atoms with E-state index in [1.54, 1.807) is 19.1 Å². The normalized spacial score (nSPS) is 15.7. The SMILES string of the molecule is C=Cc1c(C)c2cc3nc(c(CC(=O)OC)c4nc(cc5[nH]c(cc1[nH]2)c(C)c5CC)C(C)=C4C(=O)N[C@@H](CC(=O)O)C(=O)O)[C@@H](CCC(=O)N[C@@H](CC(=O)O)C(=O)O)[C@@H]3C. The number of hydrogen-bond donors (Lipinski definition) is 8. The van der Waals surface area contributed by atoms with Gasteiger partial charge < -0.3 is 45.8 Å². The molecule has 5 heterocycles. The molecule has 5 rings (SSSR count). The number of carboxylic acid groups (broad SMARTS) is 4. The van der Waals surface area contributed by atoms with Gasteiger partial charge in [-0.3, -0.25) is 29.0 Å². The Balaban J connectivity index is 1.89. The van der Waals surface area contributed by atoms with Crippen molar-refractivity contribution in [3.05, 3.63) is 75.4 Å². The molecule has 4 atom stereocenters. The molecule has 18 nitrogen and oxygen atoms in total. The van der Waals surface area contributed by atoms with Crippen LogP contribution >= 0.6 is 0 Å². The van der Waals surface area contributed by atoms with Gasteiger partial charge in [-0.1, -0.05) is 26.5 Å². The van der Waals surface area contributed by atoms with E-state index in [-0.39, 0.29) is 46.6 Å². The van der Waals surface area contributed by atoms with Gasteiger partial charge in [-0.25, -0.2) is 14.6 Å². The molecule has 0 aromatic carbocycles. The molecule has 0 aliphatic carbocycles. The Morgan fingerprint density at radius 2 is 1.44 bits per heavy atom. The summed E-state index contributed by atoms with van der Waals surface area (Å²) in [4.78, 5) is 105. The first-order valence-electron chi connectivity index (χ1n) is 19.5. The predicted octanol–water partition coefficient (Wildman–Crippen LogP) is 4.54. The molecule has 0 saturated heterocycles. The molecule has 18 heteroatoms. The number of allylic oxidation sites excluding steroid dienone is 1. The van der Waals surface area contributed by atoms with E-state index >= 15 is 0 Å². The Hall–Kier alpha value is -7.11. The Kier molecular flexibility index (Phi) is 13.6. The second-order valence-electron chi connectivity index (χ2n) is 15.0. The first-order chi connectivity index (χ1) is 28.8. The largest absolute Gasteiger partial charge is 0.481 e. The molecule has 0 radical (unpaired) electrons. The highest BCUT2D eigenvalue weighted by molar-refractivity contribution is 6.28. The smallest absolute Gasteiger partial charge is 0.326 e. The summed E-state index contributed by atoms with van der Waals surface area (Å²) >= 11 is 0. The summed E-state index contributed by atoms with van der Waals surface area (Å²) in [5, 5.41) is 42.7. The van der Waals surface area contributed by atoms with Crippen molar-refractivity contribution in [3.8, 4) is 0 Å². The van der Waals surface area contributed by atoms with E-state index in [9.17, 15) is 54.0 Å². The summed E-state index contributed by atoms with van der Waals surface area (Å²) in [5.41, 5.74) is 7.58. The maximum Gasteiger partial charge on any atom is 0.326 e. The van der Waals surface area contributed by atoms with Gasteiger partial charge in [-0.2, -0.15) is 0 Å². The molecule has 3 aromatic heterocycles. The second kappa shape index (κ2) is 18.4. The van der Waals surface area contributed by atoms with E-state index in [2.05, 4.69) is 27.2 Å². The third-order valence-corrected chi connectivity index (χ3v) is 11.2. The first kappa shape index (κ1) is 45.0. The third kappa shape index (κ3) is 9.53. The number of carboxylic acids is 4. The van der Waals surface area contributed by atoms with Gasteiger partial charge in [0.05, 0.1) is 49.0 Å². The number of hydrogen-bond acceptors (Lipinski definition) is 10. The number of amides is 2. The van der Waals surface area contributed by atoms with Crippen LogP contribution in [0.4, 0.5) is 0 Å². The van der Waals surface area contributed by atoms with Crippen LogP contribution in [0.3, 0.4) is 0 Å². The predicted molar refractivity (Wildman–Crippen MR) is 222 cm³/mol. The summed E-state index contributed by atoms with van der Waals surface area (Å²) in [6, 6.07) is 1.97. The van der Waals surface area contributed by atoms with Crippen molar-refractivity contribution in [1.82, 2.24) is 30.6 Å². The average molecular weight is 841 g/mol. The van der Waals surface area contributed by atoms with Gasteiger partial charge in [-0.15, -0.1) is 0 Å². The van der Waals surface area contributed by atoms with Crippen molar-refractivity contribution in [2.24, 2.45) is 0 Å². The lowest BCUT2D eigenvalue weighted by atomic mass is 9.84. The van der Waals surface area contributed by atoms with E-state index < -0.39 is 84.8 Å². The molecule has 0 spiro atoms. The van der Waals surface area contributed by atoms with Crippen LogP contribution in [-0.4, -0.2) is 101 Å². The lowest BCUT2D eigenvalue weighted by Crippen LogP contribution is -2.42. The van der Waals surface area contributed by atoms with Gasteiger partial charge in [0, 0.05) is 57.1 Å². The van der Waals surface area contributed by atoms with E-state index in [1.807, 2.05) is 39.8 Å². The minimum atomic E-state index is -1.84. The Labute approximate surface area is 349 Å². The number of aliphatic carboxylic acids is 4. The van der Waals surface area contributed by atoms with Crippen LogP contribution in [0.15, 0.2) is 24.8 Å². The third-order valence-electron chi connectivity index (χ3n) is 11.2. The number of carbonyl (C=O) groups is 7. The van der Waals surface area contributed by atoms with Crippen molar-refractivity contribution in [3.63, 3.8) is 0 Å². The van der Waals surface area contributed by atoms with Gasteiger partial charge in [0.25, 0.3) is 5.91 Å². The molecule has 2 aliphatic rings. The second-order valence-corrected chi connectivity index (χ2v) is 15.0. The van der Waals surface area contributed by atoms with E-state index in [1.165, 1.54) is 0 Å². The Morgan fingerprint density at radius 3 is 2.02 bits per heavy atom. The standard InChI is InChI=1S/C43H48N6O12/c1-8-22-18(3)26-13-28-20(5)24(10-11-34(50)46-32(42(57)58)16-35(51)52)39(47-28)25(12-37(55)61-7)40-38(41(56)49-33(43(59)60)17-36(53)54)21(6)29(48-40)15-31-23(9-2)19(4)27(45-31)14-30(22)44-26/h8,13-15,20,24,32-33,44-45H,1,9-12,16-17H2,2-7H3,(H,46,50)(H,49,56)(H,51,52)(H,53,54)(H,57,58)(H,59,60)/t20-,24-,32-,33-/m0/s1. The molecule has 322 valence electrons. The topological polar surface area (TPSA) is 291 Å². The zero-order chi connectivity index (χ0) is 45.0. The number of H-pyrrole nitrogens is 2. The highest BCUT2D eigenvalue weighted by Crippen LogP contribution is 2.44. The van der Waals surface area contributed by atoms with Crippen LogP contribution in [0.25, 0.3) is 39.3 Å². The maximum absolute atomic E-state index is 14.3. The quantitative estimate of drug-likeness (QED) is 0.0920. The molecule has 0 fully saturated rings. The molecule has 2 amide bonds. The lowest BCUT2D eigenvalue weighted by Gasteiger charge is -2.20. The molecule has 2 aliphatic heterocycles.